The Balaban J connectivity index is 1.66. The molecule has 3 rings (SSSR count). The minimum absolute atomic E-state index is 0.0524. The summed E-state index contributed by atoms with van der Waals surface area (Å²) in [5.74, 6) is 0.0524. The molecular weight excluding hydrogens is 288 g/mol. The molecule has 0 saturated carbocycles. The number of hydrogen-bond donors (Lipinski definition) is 1. The Hall–Kier alpha value is -1.39. The van der Waals surface area contributed by atoms with Crippen LogP contribution < -0.4 is 5.32 Å². The molecule has 0 spiro atoms. The molecule has 2 fully saturated rings. The van der Waals surface area contributed by atoms with Crippen molar-refractivity contribution in [1.82, 2.24) is 10.2 Å². The van der Waals surface area contributed by atoms with E-state index in [1.165, 1.54) is 30.4 Å². The van der Waals surface area contributed by atoms with Crippen molar-refractivity contribution < 1.29 is 9.53 Å². The molecule has 23 heavy (non-hydrogen) atoms. The average Bonchev–Trinajstić information content (AvgIpc) is 3.12. The van der Waals surface area contributed by atoms with E-state index in [0.717, 1.165) is 25.9 Å². The third-order valence-electron chi connectivity index (χ3n) is 4.99. The molecule has 2 heterocycles. The fraction of sp³-hybridized carbons (Fsp3) is 0.632. The molecule has 2 unspecified atom stereocenters. The van der Waals surface area contributed by atoms with Crippen molar-refractivity contribution in [3.05, 3.63) is 35.4 Å². The molecule has 4 nitrogen and oxygen atoms in total. The van der Waals surface area contributed by atoms with E-state index in [-0.39, 0.29) is 18.1 Å². The normalized spacial score (nSPS) is 23.6. The van der Waals surface area contributed by atoms with Crippen LogP contribution in [0.5, 0.6) is 0 Å². The largest absolute Gasteiger partial charge is 0.368 e. The minimum Gasteiger partial charge on any atom is -0.368 e. The second-order valence-electron chi connectivity index (χ2n) is 6.77. The van der Waals surface area contributed by atoms with Gasteiger partial charge in [-0.15, -0.1) is 0 Å². The monoisotopic (exact) mass is 316 g/mol. The van der Waals surface area contributed by atoms with Gasteiger partial charge in [0.05, 0.1) is 6.04 Å². The van der Waals surface area contributed by atoms with E-state index >= 15 is 0 Å². The number of carbonyl (C=O) groups excluding carboxylic acids is 1. The fourth-order valence-electron chi connectivity index (χ4n) is 3.57. The lowest BCUT2D eigenvalue weighted by atomic mass is 10.0. The number of piperidine rings is 1. The molecule has 2 atom stereocenters. The molecule has 1 aromatic carbocycles. The van der Waals surface area contributed by atoms with E-state index < -0.39 is 0 Å². The highest BCUT2D eigenvalue weighted by molar-refractivity contribution is 5.81. The van der Waals surface area contributed by atoms with Crippen LogP contribution in [0.15, 0.2) is 24.3 Å². The number of rotatable bonds is 5. The van der Waals surface area contributed by atoms with Crippen LogP contribution in [0.4, 0.5) is 0 Å². The molecule has 1 amide bonds. The smallest absolute Gasteiger partial charge is 0.249 e. The van der Waals surface area contributed by atoms with Gasteiger partial charge in [0, 0.05) is 13.2 Å². The van der Waals surface area contributed by atoms with Crippen molar-refractivity contribution in [2.24, 2.45) is 0 Å². The number of ether oxygens (including phenoxy) is 1. The summed E-state index contributed by atoms with van der Waals surface area (Å²) in [6.07, 6.45) is 5.43. The lowest BCUT2D eigenvalue weighted by Crippen LogP contribution is -2.43. The van der Waals surface area contributed by atoms with Crippen LogP contribution in [0.1, 0.15) is 49.3 Å². The number of amides is 1. The quantitative estimate of drug-likeness (QED) is 0.908. The molecule has 2 aliphatic rings. The molecule has 2 aliphatic heterocycles. The lowest BCUT2D eigenvalue weighted by Gasteiger charge is -2.35. The maximum absolute atomic E-state index is 12.3. The lowest BCUT2D eigenvalue weighted by molar-refractivity contribution is -0.130. The summed E-state index contributed by atoms with van der Waals surface area (Å²) < 4.78 is 5.49. The van der Waals surface area contributed by atoms with Gasteiger partial charge < -0.3 is 10.1 Å². The van der Waals surface area contributed by atoms with Gasteiger partial charge in [0.2, 0.25) is 5.91 Å². The molecule has 1 N–H and O–H groups in total. The van der Waals surface area contributed by atoms with Crippen molar-refractivity contribution in [3.8, 4) is 0 Å². The highest BCUT2D eigenvalue weighted by Gasteiger charge is 2.26. The summed E-state index contributed by atoms with van der Waals surface area (Å²) in [5.41, 5.74) is 2.57. The van der Waals surface area contributed by atoms with Gasteiger partial charge in [-0.3, -0.25) is 9.69 Å². The van der Waals surface area contributed by atoms with Crippen molar-refractivity contribution in [1.29, 1.82) is 0 Å². The predicted octanol–water partition coefficient (Wildman–Crippen LogP) is 2.82. The first kappa shape index (κ1) is 16.5. The molecule has 0 radical (unpaired) electrons. The molecule has 0 aromatic heterocycles. The summed E-state index contributed by atoms with van der Waals surface area (Å²) in [5, 5.41) is 3.13. The summed E-state index contributed by atoms with van der Waals surface area (Å²) >= 11 is 0. The van der Waals surface area contributed by atoms with Gasteiger partial charge in [-0.1, -0.05) is 36.2 Å². The van der Waals surface area contributed by atoms with Crippen LogP contribution in [0.25, 0.3) is 0 Å². The number of benzene rings is 1. The van der Waals surface area contributed by atoms with Crippen LogP contribution in [0.3, 0.4) is 0 Å². The fourth-order valence-corrected chi connectivity index (χ4v) is 3.57. The topological polar surface area (TPSA) is 41.6 Å². The number of likely N-dealkylation sites (tertiary alicyclic amines) is 1. The van der Waals surface area contributed by atoms with Crippen molar-refractivity contribution >= 4 is 5.91 Å². The van der Waals surface area contributed by atoms with Gasteiger partial charge in [0.15, 0.2) is 0 Å². The van der Waals surface area contributed by atoms with E-state index in [2.05, 4.69) is 41.4 Å². The SMILES string of the molecule is Cc1ccc(C(CNC(=O)C2CCCO2)N2CCCCC2)cc1. The summed E-state index contributed by atoms with van der Waals surface area (Å²) in [4.78, 5) is 14.8. The van der Waals surface area contributed by atoms with Gasteiger partial charge >= 0.3 is 0 Å². The molecule has 0 aliphatic carbocycles. The van der Waals surface area contributed by atoms with Crippen LogP contribution in [-0.2, 0) is 9.53 Å². The zero-order valence-electron chi connectivity index (χ0n) is 14.1. The van der Waals surface area contributed by atoms with Crippen LogP contribution >= 0.6 is 0 Å². The first-order valence-corrected chi connectivity index (χ1v) is 8.94. The molecule has 126 valence electrons. The second kappa shape index (κ2) is 7.93. The van der Waals surface area contributed by atoms with Gasteiger partial charge in [0.25, 0.3) is 0 Å². The highest BCUT2D eigenvalue weighted by Crippen LogP contribution is 2.24. The zero-order chi connectivity index (χ0) is 16.1. The Morgan fingerprint density at radius 2 is 1.96 bits per heavy atom. The van der Waals surface area contributed by atoms with Gasteiger partial charge in [0.1, 0.15) is 6.10 Å². The first-order chi connectivity index (χ1) is 11.2. The Bertz CT molecular complexity index is 503. The molecule has 0 bridgehead atoms. The predicted molar refractivity (Wildman–Crippen MR) is 91.3 cm³/mol. The second-order valence-corrected chi connectivity index (χ2v) is 6.77. The van der Waals surface area contributed by atoms with Crippen LogP contribution in [0.2, 0.25) is 0 Å². The maximum Gasteiger partial charge on any atom is 0.249 e. The van der Waals surface area contributed by atoms with E-state index in [1.807, 2.05) is 0 Å². The Morgan fingerprint density at radius 3 is 2.61 bits per heavy atom. The van der Waals surface area contributed by atoms with Crippen LogP contribution in [0, 0.1) is 6.92 Å². The first-order valence-electron chi connectivity index (χ1n) is 8.94. The molecule has 1 aromatic rings. The van der Waals surface area contributed by atoms with E-state index in [9.17, 15) is 4.79 Å². The molecule has 2 saturated heterocycles. The van der Waals surface area contributed by atoms with E-state index in [0.29, 0.717) is 13.2 Å². The molecular formula is C19H28N2O2. The summed E-state index contributed by atoms with van der Waals surface area (Å²) in [6.45, 7) is 5.73. The number of aryl methyl sites for hydroxylation is 1. The minimum atomic E-state index is -0.241. The number of hydrogen-bond acceptors (Lipinski definition) is 3. The maximum atomic E-state index is 12.3. The average molecular weight is 316 g/mol. The third kappa shape index (κ3) is 4.33. The summed E-state index contributed by atoms with van der Waals surface area (Å²) in [6, 6.07) is 8.99. The number of carbonyl (C=O) groups is 1. The Morgan fingerprint density at radius 1 is 1.22 bits per heavy atom. The summed E-state index contributed by atoms with van der Waals surface area (Å²) in [7, 11) is 0. The Labute approximate surface area is 139 Å². The van der Waals surface area contributed by atoms with Gasteiger partial charge in [-0.05, 0) is 51.3 Å². The number of nitrogens with one attached hydrogen (secondary N) is 1. The molecule has 4 heteroatoms. The Kier molecular flexibility index (Phi) is 5.68. The van der Waals surface area contributed by atoms with Gasteiger partial charge in [-0.2, -0.15) is 0 Å². The highest BCUT2D eigenvalue weighted by atomic mass is 16.5. The van der Waals surface area contributed by atoms with E-state index in [4.69, 9.17) is 4.74 Å². The van der Waals surface area contributed by atoms with Gasteiger partial charge in [-0.25, -0.2) is 0 Å². The van der Waals surface area contributed by atoms with Crippen molar-refractivity contribution in [3.63, 3.8) is 0 Å². The van der Waals surface area contributed by atoms with Crippen LogP contribution in [-0.4, -0.2) is 43.2 Å². The number of nitrogens with zero attached hydrogens (tertiary/aromatic N) is 1. The standard InChI is InChI=1S/C19H28N2O2/c1-15-7-9-16(10-8-15)17(21-11-3-2-4-12-21)14-20-19(22)18-6-5-13-23-18/h7-10,17-18H,2-6,11-14H2,1H3,(H,20,22). The van der Waals surface area contributed by atoms with Crippen molar-refractivity contribution in [2.75, 3.05) is 26.2 Å². The zero-order valence-corrected chi connectivity index (χ0v) is 14.1. The van der Waals surface area contributed by atoms with E-state index in [1.54, 1.807) is 0 Å². The third-order valence-corrected chi connectivity index (χ3v) is 4.99. The van der Waals surface area contributed by atoms with Crippen molar-refractivity contribution in [2.45, 2.75) is 51.2 Å².